The average molecular weight is 751 g/mol. The zero-order valence-electron chi connectivity index (χ0n) is 19.8. The average Bonchev–Trinajstić information content (AvgIpc) is 2.71. The van der Waals surface area contributed by atoms with Crippen LogP contribution in [0.3, 0.4) is 0 Å². The molecule has 0 aliphatic carbocycles. The number of rotatable bonds is 3. The molecule has 0 aromatic heterocycles. The van der Waals surface area contributed by atoms with E-state index in [0.29, 0.717) is 18.2 Å². The van der Waals surface area contributed by atoms with E-state index < -0.39 is 41.7 Å². The Balaban J connectivity index is 0.000000296. The highest BCUT2D eigenvalue weighted by molar-refractivity contribution is 14.0. The van der Waals surface area contributed by atoms with Gasteiger partial charge in [0.2, 0.25) is 0 Å². The first kappa shape index (κ1) is 36.4. The summed E-state index contributed by atoms with van der Waals surface area (Å²) >= 11 is 0. The number of phenols is 2. The van der Waals surface area contributed by atoms with Gasteiger partial charge in [0.15, 0.2) is 0 Å². The molecule has 4 aliphatic rings. The van der Waals surface area contributed by atoms with Crippen molar-refractivity contribution in [3.63, 3.8) is 0 Å². The van der Waals surface area contributed by atoms with Crippen molar-refractivity contribution in [1.82, 2.24) is 19.6 Å². The minimum atomic E-state index is -9.66. The molecule has 4 aliphatic heterocycles. The van der Waals surface area contributed by atoms with Crippen molar-refractivity contribution in [1.29, 1.82) is 0 Å². The first-order chi connectivity index (χ1) is 16.8. The largest absolute Gasteiger partial charge is 0.508 e. The molecule has 2 aromatic carbocycles. The van der Waals surface area contributed by atoms with Crippen molar-refractivity contribution in [2.75, 3.05) is 40.0 Å². The molecule has 6 rings (SSSR count). The van der Waals surface area contributed by atoms with Gasteiger partial charge in [0.25, 0.3) is 0 Å². The Morgan fingerprint density at radius 1 is 0.600 bits per heavy atom. The van der Waals surface area contributed by atoms with Gasteiger partial charge in [-0.25, -0.2) is 0 Å². The van der Waals surface area contributed by atoms with Gasteiger partial charge in [-0.1, -0.05) is 58.9 Å². The predicted octanol–water partition coefficient (Wildman–Crippen LogP) is 8.98. The summed E-state index contributed by atoms with van der Waals surface area (Å²) in [6, 6.07) is 2.30. The standard InChI is InChI=1S/C8H7F5OS.C6H5F5OS.C6H12N4.CH4.HI/c1-2-6-5-7(3-4-8(6)14)15(9,10,11,12)13;7-13(8,9,10,11)6-3-1-5(12)2-4-6;1-7-2-9-4-8(1)5-10(3-7)6-9;;/h2-5,14H,1H2;1-4,12H;1-6H2;1H4;1H. The maximum atomic E-state index is 12.3. The van der Waals surface area contributed by atoms with E-state index in [1.807, 2.05) is 0 Å². The van der Waals surface area contributed by atoms with Crippen LogP contribution in [0.2, 0.25) is 0 Å². The Bertz CT molecular complexity index is 1160. The second-order valence-electron chi connectivity index (χ2n) is 8.89. The SMILES string of the molecule is C.C1N2CN3CN1CN(C2)C3.C=Cc1cc(S(F)(F)(F)(F)F)ccc1O.I.Oc1ccc(S(F)(F)(F)(F)F)cc1. The van der Waals surface area contributed by atoms with Gasteiger partial charge in [0.1, 0.15) is 21.3 Å². The lowest BCUT2D eigenvalue weighted by molar-refractivity contribution is -0.194. The second-order valence-corrected chi connectivity index (χ2v) is 13.7. The van der Waals surface area contributed by atoms with Gasteiger partial charge in [-0.05, 0) is 42.5 Å². The molecule has 0 radical (unpaired) electrons. The molecule has 0 amide bonds. The highest BCUT2D eigenvalue weighted by Gasteiger charge is 2.66. The Morgan fingerprint density at radius 3 is 1.23 bits per heavy atom. The van der Waals surface area contributed by atoms with E-state index in [2.05, 4.69) is 26.2 Å². The van der Waals surface area contributed by atoms with Gasteiger partial charge < -0.3 is 10.2 Å². The summed E-state index contributed by atoms with van der Waals surface area (Å²) < 4.78 is 121. The van der Waals surface area contributed by atoms with Gasteiger partial charge in [0.05, 0.1) is 40.0 Å². The fourth-order valence-corrected chi connectivity index (χ4v) is 5.20. The molecular weight excluding hydrogens is 721 g/mol. The molecule has 0 unspecified atom stereocenters. The fourth-order valence-electron chi connectivity index (χ4n) is 3.87. The smallest absolute Gasteiger partial charge is 0.310 e. The molecule has 6 nitrogen and oxygen atoms in total. The summed E-state index contributed by atoms with van der Waals surface area (Å²) in [5, 5.41) is 17.6. The highest BCUT2D eigenvalue weighted by Crippen LogP contribution is 3.02. The quantitative estimate of drug-likeness (QED) is 0.242. The lowest BCUT2D eigenvalue weighted by Crippen LogP contribution is -2.71. The zero-order valence-corrected chi connectivity index (χ0v) is 23.7. The molecule has 0 saturated carbocycles. The van der Waals surface area contributed by atoms with Crippen LogP contribution in [0.1, 0.15) is 13.0 Å². The van der Waals surface area contributed by atoms with Crippen LogP contribution in [0.15, 0.2) is 58.8 Å². The molecule has 2 N–H and O–H groups in total. The lowest BCUT2D eigenvalue weighted by atomic mass is 10.2. The van der Waals surface area contributed by atoms with Gasteiger partial charge in [0, 0.05) is 5.56 Å². The number of hydrogen-bond donors (Lipinski definition) is 2. The van der Waals surface area contributed by atoms with Crippen LogP contribution < -0.4 is 0 Å². The summed E-state index contributed by atoms with van der Waals surface area (Å²) in [5.41, 5.74) is -0.388. The number of nitrogens with zero attached hydrogens (tertiary/aromatic N) is 4. The third-order valence-electron chi connectivity index (χ3n) is 5.35. The monoisotopic (exact) mass is 750 g/mol. The summed E-state index contributed by atoms with van der Waals surface area (Å²) in [6.45, 7) is 10.2. The number of benzene rings is 2. The van der Waals surface area contributed by atoms with Crippen molar-refractivity contribution in [2.45, 2.75) is 17.2 Å². The van der Waals surface area contributed by atoms with Crippen LogP contribution in [-0.2, 0) is 0 Å². The molecule has 19 heteroatoms. The molecule has 4 fully saturated rings. The van der Waals surface area contributed by atoms with E-state index in [0.717, 1.165) is 6.08 Å². The maximum absolute atomic E-state index is 12.3. The van der Waals surface area contributed by atoms with E-state index in [9.17, 15) is 38.9 Å². The summed E-state index contributed by atoms with van der Waals surface area (Å²) in [4.78, 5) is 5.83. The third-order valence-corrected chi connectivity index (χ3v) is 7.65. The number of halogens is 11. The number of aromatic hydroxyl groups is 2. The normalized spacial score (nSPS) is 26.4. The van der Waals surface area contributed by atoms with Crippen molar-refractivity contribution < 1.29 is 49.1 Å². The van der Waals surface area contributed by atoms with Gasteiger partial charge in [-0.3, -0.25) is 19.6 Å². The first-order valence-corrected chi connectivity index (χ1v) is 14.4. The summed E-state index contributed by atoms with van der Waals surface area (Å²) in [5.74, 6) is -1.03. The Hall–Kier alpha value is -1.65. The van der Waals surface area contributed by atoms with Crippen LogP contribution in [0.25, 0.3) is 6.08 Å². The third kappa shape index (κ3) is 10.0. The molecule has 234 valence electrons. The topological polar surface area (TPSA) is 53.4 Å². The fraction of sp³-hybridized carbons (Fsp3) is 0.333. The zero-order chi connectivity index (χ0) is 28.9. The molecule has 40 heavy (non-hydrogen) atoms. The van der Waals surface area contributed by atoms with E-state index in [1.165, 1.54) is 40.0 Å². The molecule has 4 saturated heterocycles. The van der Waals surface area contributed by atoms with E-state index in [4.69, 9.17) is 10.2 Å². The van der Waals surface area contributed by atoms with E-state index in [-0.39, 0.29) is 61.2 Å². The Kier molecular flexibility index (Phi) is 9.33. The second kappa shape index (κ2) is 10.3. The molecular formula is C21H29F10IN4O2S2. The molecule has 0 atom stereocenters. The highest BCUT2D eigenvalue weighted by atomic mass is 127. The molecule has 4 bridgehead atoms. The molecule has 2 aromatic rings. The lowest BCUT2D eigenvalue weighted by Gasteiger charge is -2.56. The predicted molar refractivity (Wildman–Crippen MR) is 148 cm³/mol. The van der Waals surface area contributed by atoms with Crippen molar-refractivity contribution >= 4 is 50.5 Å². The Morgan fingerprint density at radius 2 is 0.925 bits per heavy atom. The van der Waals surface area contributed by atoms with Gasteiger partial charge in [-0.2, -0.15) is 0 Å². The first-order valence-electron chi connectivity index (χ1n) is 10.4. The number of phenolic OH excluding ortho intramolecular Hbond substituents is 2. The number of hydrogen-bond acceptors (Lipinski definition) is 6. The van der Waals surface area contributed by atoms with Gasteiger partial charge in [-0.15, -0.1) is 24.0 Å². The van der Waals surface area contributed by atoms with Crippen LogP contribution >= 0.6 is 44.4 Å². The summed E-state index contributed by atoms with van der Waals surface area (Å²) in [7, 11) is -19.2. The minimum Gasteiger partial charge on any atom is -0.508 e. The minimum absolute atomic E-state index is 0. The van der Waals surface area contributed by atoms with Crippen LogP contribution in [-0.4, -0.2) is 69.8 Å². The van der Waals surface area contributed by atoms with Crippen molar-refractivity contribution in [2.24, 2.45) is 0 Å². The van der Waals surface area contributed by atoms with Crippen LogP contribution in [0.4, 0.5) is 38.9 Å². The molecule has 0 spiro atoms. The van der Waals surface area contributed by atoms with E-state index in [1.54, 1.807) is 0 Å². The van der Waals surface area contributed by atoms with Crippen LogP contribution in [0, 0.1) is 0 Å². The van der Waals surface area contributed by atoms with E-state index >= 15 is 0 Å². The van der Waals surface area contributed by atoms with Crippen molar-refractivity contribution in [3.05, 3.63) is 54.6 Å². The van der Waals surface area contributed by atoms with Crippen molar-refractivity contribution in [3.8, 4) is 11.5 Å². The summed E-state index contributed by atoms with van der Waals surface area (Å²) in [6.07, 6.45) is 0.863. The maximum Gasteiger partial charge on any atom is 0.310 e. The Labute approximate surface area is 241 Å². The molecule has 4 heterocycles. The van der Waals surface area contributed by atoms with Crippen LogP contribution in [0.5, 0.6) is 11.5 Å². The van der Waals surface area contributed by atoms with Gasteiger partial charge >= 0.3 is 20.4 Å².